The Labute approximate surface area is 178 Å². The molecule has 2 fully saturated rings. The van der Waals surface area contributed by atoms with E-state index >= 15 is 0 Å². The number of rotatable bonds is 3. The molecule has 31 heavy (non-hydrogen) atoms. The second-order valence-electron chi connectivity index (χ2n) is 8.46. The van der Waals surface area contributed by atoms with E-state index in [-0.39, 0.29) is 35.5 Å². The van der Waals surface area contributed by atoms with Crippen molar-refractivity contribution in [3.05, 3.63) is 84.4 Å². The number of carbonyl (C=O) groups excluding carboxylic acids is 3. The fourth-order valence-corrected chi connectivity index (χ4v) is 5.33. The summed E-state index contributed by atoms with van der Waals surface area (Å²) in [6, 6.07) is 19.9. The van der Waals surface area contributed by atoms with Gasteiger partial charge >= 0.3 is 5.97 Å². The number of ether oxygens (including phenoxy) is 1. The van der Waals surface area contributed by atoms with Gasteiger partial charge in [0.15, 0.2) is 0 Å². The highest BCUT2D eigenvalue weighted by atomic mass is 16.5. The Balaban J connectivity index is 1.26. The van der Waals surface area contributed by atoms with E-state index in [9.17, 15) is 14.4 Å². The Kier molecular flexibility index (Phi) is 3.87. The van der Waals surface area contributed by atoms with Crippen LogP contribution in [0.2, 0.25) is 0 Å². The van der Waals surface area contributed by atoms with E-state index in [1.54, 1.807) is 30.3 Å². The minimum Gasteiger partial charge on any atom is -0.423 e. The molecule has 1 saturated heterocycles. The van der Waals surface area contributed by atoms with E-state index < -0.39 is 5.97 Å². The van der Waals surface area contributed by atoms with Gasteiger partial charge < -0.3 is 4.74 Å². The predicted octanol–water partition coefficient (Wildman–Crippen LogP) is 4.37. The van der Waals surface area contributed by atoms with Gasteiger partial charge in [-0.15, -0.1) is 0 Å². The molecule has 152 valence electrons. The second kappa shape index (κ2) is 6.64. The van der Waals surface area contributed by atoms with Crippen molar-refractivity contribution in [3.8, 4) is 5.75 Å². The lowest BCUT2D eigenvalue weighted by Gasteiger charge is -2.18. The zero-order valence-electron chi connectivity index (χ0n) is 16.6. The van der Waals surface area contributed by atoms with Crippen LogP contribution in [0.1, 0.15) is 16.8 Å². The minimum absolute atomic E-state index is 0.150. The molecule has 3 aliphatic rings. The third kappa shape index (κ3) is 2.73. The minimum atomic E-state index is -0.529. The number of benzene rings is 3. The van der Waals surface area contributed by atoms with Gasteiger partial charge in [-0.25, -0.2) is 9.69 Å². The van der Waals surface area contributed by atoms with E-state index in [0.717, 1.165) is 17.2 Å². The molecule has 3 aromatic rings. The third-order valence-electron chi connectivity index (χ3n) is 6.74. The van der Waals surface area contributed by atoms with E-state index in [1.165, 1.54) is 4.90 Å². The molecule has 0 N–H and O–H groups in total. The molecule has 5 heteroatoms. The van der Waals surface area contributed by atoms with Crippen molar-refractivity contribution < 1.29 is 19.1 Å². The van der Waals surface area contributed by atoms with Crippen LogP contribution in [0, 0.1) is 23.7 Å². The van der Waals surface area contributed by atoms with E-state index in [0.29, 0.717) is 17.0 Å². The van der Waals surface area contributed by atoms with Gasteiger partial charge in [-0.05, 0) is 59.4 Å². The number of fused-ring (bicyclic) bond motifs is 6. The molecular weight excluding hydrogens is 390 g/mol. The maximum absolute atomic E-state index is 13.0. The number of imide groups is 1. The van der Waals surface area contributed by atoms with Crippen molar-refractivity contribution in [1.82, 2.24) is 0 Å². The average molecular weight is 409 g/mol. The summed E-state index contributed by atoms with van der Waals surface area (Å²) in [7, 11) is 0. The standard InChI is InChI=1S/C26H19NO4/c28-24-22-17-8-9-18(12-17)23(22)25(29)27(24)20-7-3-6-19(13-20)26(30)31-21-11-10-15-4-1-2-5-16(15)14-21/h1-11,13-14,17-18,22-23H,12H2/t17-,18-,22+,23+/m1/s1. The van der Waals surface area contributed by atoms with Crippen LogP contribution in [-0.4, -0.2) is 17.8 Å². The van der Waals surface area contributed by atoms with Gasteiger partial charge in [0.2, 0.25) is 11.8 Å². The van der Waals surface area contributed by atoms with Crippen molar-refractivity contribution in [2.45, 2.75) is 6.42 Å². The normalized spacial score (nSPS) is 26.0. The van der Waals surface area contributed by atoms with Gasteiger partial charge in [-0.3, -0.25) is 9.59 Å². The number of carbonyl (C=O) groups is 3. The Morgan fingerprint density at radius 2 is 1.52 bits per heavy atom. The van der Waals surface area contributed by atoms with Crippen molar-refractivity contribution in [2.75, 3.05) is 4.90 Å². The molecule has 0 aromatic heterocycles. The molecule has 0 unspecified atom stereocenters. The lowest BCUT2D eigenvalue weighted by Crippen LogP contribution is -2.33. The van der Waals surface area contributed by atoms with Crippen LogP contribution in [0.3, 0.4) is 0 Å². The Bertz CT molecular complexity index is 1260. The number of hydrogen-bond acceptors (Lipinski definition) is 4. The van der Waals surface area contributed by atoms with Crippen molar-refractivity contribution in [2.24, 2.45) is 23.7 Å². The molecule has 4 atom stereocenters. The lowest BCUT2D eigenvalue weighted by atomic mass is 9.85. The summed E-state index contributed by atoms with van der Waals surface area (Å²) < 4.78 is 5.56. The lowest BCUT2D eigenvalue weighted by molar-refractivity contribution is -0.123. The van der Waals surface area contributed by atoms with Gasteiger partial charge in [0, 0.05) is 0 Å². The highest BCUT2D eigenvalue weighted by molar-refractivity contribution is 6.23. The van der Waals surface area contributed by atoms with Gasteiger partial charge in [0.05, 0.1) is 23.1 Å². The molecule has 0 spiro atoms. The number of hydrogen-bond donors (Lipinski definition) is 0. The average Bonchev–Trinajstić information content (AvgIpc) is 3.47. The SMILES string of the molecule is O=C(Oc1ccc2ccccc2c1)c1cccc(N2C(=O)[C@@H]3[C@@H](C2=O)[C@@H]2C=C[C@@H]3C2)c1. The highest BCUT2D eigenvalue weighted by Crippen LogP contribution is 2.53. The number of esters is 1. The largest absolute Gasteiger partial charge is 0.423 e. The van der Waals surface area contributed by atoms with E-state index in [4.69, 9.17) is 4.74 Å². The summed E-state index contributed by atoms with van der Waals surface area (Å²) in [6.07, 6.45) is 5.02. The first-order valence-electron chi connectivity index (χ1n) is 10.5. The first kappa shape index (κ1) is 18.1. The van der Waals surface area contributed by atoms with E-state index in [2.05, 4.69) is 12.2 Å². The molecule has 2 bridgehead atoms. The van der Waals surface area contributed by atoms with Crippen LogP contribution in [0.15, 0.2) is 78.9 Å². The van der Waals surface area contributed by atoms with Crippen LogP contribution in [0.25, 0.3) is 10.8 Å². The zero-order valence-corrected chi connectivity index (χ0v) is 16.6. The molecule has 0 radical (unpaired) electrons. The molecule has 1 heterocycles. The van der Waals surface area contributed by atoms with Crippen LogP contribution >= 0.6 is 0 Å². The smallest absolute Gasteiger partial charge is 0.343 e. The Morgan fingerprint density at radius 3 is 2.26 bits per heavy atom. The number of anilines is 1. The molecule has 2 amide bonds. The molecule has 1 aliphatic heterocycles. The van der Waals surface area contributed by atoms with Crippen LogP contribution in [0.5, 0.6) is 5.75 Å². The number of amides is 2. The third-order valence-corrected chi connectivity index (χ3v) is 6.74. The number of nitrogens with zero attached hydrogens (tertiary/aromatic N) is 1. The topological polar surface area (TPSA) is 63.7 Å². The maximum Gasteiger partial charge on any atom is 0.343 e. The highest BCUT2D eigenvalue weighted by Gasteiger charge is 2.59. The molecule has 5 nitrogen and oxygen atoms in total. The second-order valence-corrected chi connectivity index (χ2v) is 8.46. The summed E-state index contributed by atoms with van der Waals surface area (Å²) in [5.41, 5.74) is 0.723. The predicted molar refractivity (Wildman–Crippen MR) is 116 cm³/mol. The first-order valence-corrected chi connectivity index (χ1v) is 10.5. The van der Waals surface area contributed by atoms with Crippen LogP contribution in [0.4, 0.5) is 5.69 Å². The van der Waals surface area contributed by atoms with Crippen molar-refractivity contribution >= 4 is 34.2 Å². The fourth-order valence-electron chi connectivity index (χ4n) is 5.33. The quantitative estimate of drug-likeness (QED) is 0.279. The molecule has 3 aromatic carbocycles. The van der Waals surface area contributed by atoms with Crippen LogP contribution in [-0.2, 0) is 9.59 Å². The van der Waals surface area contributed by atoms with Crippen molar-refractivity contribution in [3.63, 3.8) is 0 Å². The van der Waals surface area contributed by atoms with Gasteiger partial charge in [-0.1, -0.05) is 48.6 Å². The van der Waals surface area contributed by atoms with E-state index in [1.807, 2.05) is 36.4 Å². The summed E-state index contributed by atoms with van der Waals surface area (Å²) >= 11 is 0. The van der Waals surface area contributed by atoms with Gasteiger partial charge in [0.1, 0.15) is 5.75 Å². The first-order chi connectivity index (χ1) is 15.1. The van der Waals surface area contributed by atoms with Gasteiger partial charge in [0.25, 0.3) is 0 Å². The summed E-state index contributed by atoms with van der Waals surface area (Å²) in [6.45, 7) is 0. The summed E-state index contributed by atoms with van der Waals surface area (Å²) in [4.78, 5) is 40.1. The molecule has 1 saturated carbocycles. The monoisotopic (exact) mass is 409 g/mol. The molecule has 6 rings (SSSR count). The molecular formula is C26H19NO4. The van der Waals surface area contributed by atoms with Gasteiger partial charge in [-0.2, -0.15) is 0 Å². The van der Waals surface area contributed by atoms with Crippen LogP contribution < -0.4 is 9.64 Å². The fraction of sp³-hybridized carbons (Fsp3) is 0.192. The Morgan fingerprint density at radius 1 is 0.806 bits per heavy atom. The number of allylic oxidation sites excluding steroid dienone is 2. The van der Waals surface area contributed by atoms with Crippen molar-refractivity contribution in [1.29, 1.82) is 0 Å². The maximum atomic E-state index is 13.0. The molecule has 2 aliphatic carbocycles. The Hall–Kier alpha value is -3.73. The summed E-state index contributed by atoms with van der Waals surface area (Å²) in [5.74, 6) is -0.641. The summed E-state index contributed by atoms with van der Waals surface area (Å²) in [5, 5.41) is 2.04. The zero-order chi connectivity index (χ0) is 21.1.